The second kappa shape index (κ2) is 7.50. The monoisotopic (exact) mass is 205 g/mol. The summed E-state index contributed by atoms with van der Waals surface area (Å²) in [5.74, 6) is 0. The zero-order valence-electron chi connectivity index (χ0n) is 8.63. The van der Waals surface area contributed by atoms with Crippen molar-refractivity contribution in [3.05, 3.63) is 0 Å². The summed E-state index contributed by atoms with van der Waals surface area (Å²) in [7, 11) is -2.75. The second-order valence-corrected chi connectivity index (χ2v) is 6.81. The molecule has 0 bridgehead atoms. The summed E-state index contributed by atoms with van der Waals surface area (Å²) in [6, 6.07) is 0.615. The van der Waals surface area contributed by atoms with Gasteiger partial charge in [-0.1, -0.05) is 32.1 Å². The van der Waals surface area contributed by atoms with Gasteiger partial charge in [-0.3, -0.25) is 0 Å². The highest BCUT2D eigenvalue weighted by Gasteiger charge is 2.19. The van der Waals surface area contributed by atoms with Crippen LogP contribution in [0.25, 0.3) is 0 Å². The third kappa shape index (κ3) is 12.1. The highest BCUT2D eigenvalue weighted by molar-refractivity contribution is 6.63. The summed E-state index contributed by atoms with van der Waals surface area (Å²) in [5.41, 5.74) is 5.37. The molecule has 0 aromatic rings. The first-order chi connectivity index (χ1) is 6.06. The van der Waals surface area contributed by atoms with Crippen molar-refractivity contribution in [3.8, 4) is 0 Å². The van der Waals surface area contributed by atoms with E-state index in [2.05, 4.69) is 0 Å². The Kier molecular flexibility index (Phi) is 7.55. The summed E-state index contributed by atoms with van der Waals surface area (Å²) >= 11 is 0. The molecule has 0 aliphatic heterocycles. The molecular weight excluding hydrogens is 182 g/mol. The largest absolute Gasteiger partial charge is 0.411 e. The van der Waals surface area contributed by atoms with Gasteiger partial charge in [-0.15, -0.1) is 0 Å². The van der Waals surface area contributed by atoms with E-state index in [0.717, 1.165) is 25.8 Å². The highest BCUT2D eigenvalue weighted by Crippen LogP contribution is 2.11. The molecule has 4 N–H and O–H groups in total. The summed E-state index contributed by atoms with van der Waals surface area (Å²) in [5, 5.41) is 0. The van der Waals surface area contributed by atoms with Gasteiger partial charge in [0, 0.05) is 0 Å². The van der Waals surface area contributed by atoms with Gasteiger partial charge in [-0.05, 0) is 25.6 Å². The van der Waals surface area contributed by atoms with Crippen molar-refractivity contribution in [3.63, 3.8) is 0 Å². The van der Waals surface area contributed by atoms with Crippen molar-refractivity contribution < 1.29 is 9.59 Å². The minimum absolute atomic E-state index is 0.615. The van der Waals surface area contributed by atoms with E-state index in [1.165, 1.54) is 19.3 Å². The van der Waals surface area contributed by atoms with Gasteiger partial charge in [0.1, 0.15) is 0 Å². The first kappa shape index (κ1) is 13.1. The Morgan fingerprint density at radius 2 is 1.38 bits per heavy atom. The molecule has 0 aromatic carbocycles. The Labute approximate surface area is 82.2 Å². The maximum Gasteiger partial charge on any atom is 0.329 e. The number of hydrogen-bond acceptors (Lipinski definition) is 3. The van der Waals surface area contributed by atoms with Gasteiger partial charge in [-0.2, -0.15) is 0 Å². The zero-order valence-corrected chi connectivity index (χ0v) is 9.63. The molecule has 0 amide bonds. The molecule has 4 heteroatoms. The van der Waals surface area contributed by atoms with Crippen LogP contribution in [0.2, 0.25) is 12.6 Å². The van der Waals surface area contributed by atoms with Gasteiger partial charge >= 0.3 is 8.56 Å². The molecule has 0 aromatic heterocycles. The van der Waals surface area contributed by atoms with Crippen LogP contribution < -0.4 is 5.73 Å². The van der Waals surface area contributed by atoms with E-state index in [9.17, 15) is 0 Å². The van der Waals surface area contributed by atoms with E-state index in [-0.39, 0.29) is 0 Å². The lowest BCUT2D eigenvalue weighted by atomic mass is 10.1. The van der Waals surface area contributed by atoms with Crippen LogP contribution in [0, 0.1) is 0 Å². The van der Waals surface area contributed by atoms with Crippen LogP contribution in [0.3, 0.4) is 0 Å². The molecule has 0 aliphatic rings. The number of rotatable bonds is 8. The third-order valence-corrected chi connectivity index (χ3v) is 3.41. The van der Waals surface area contributed by atoms with E-state index in [4.69, 9.17) is 15.3 Å². The summed E-state index contributed by atoms with van der Waals surface area (Å²) in [6.07, 6.45) is 6.83. The highest BCUT2D eigenvalue weighted by atomic mass is 28.4. The summed E-state index contributed by atoms with van der Waals surface area (Å²) < 4.78 is 0. The molecule has 13 heavy (non-hydrogen) atoms. The lowest BCUT2D eigenvalue weighted by Gasteiger charge is -2.10. The molecule has 0 heterocycles. The SMILES string of the molecule is C[Si](O)(O)CCCCCCCCN. The minimum Gasteiger partial charge on any atom is -0.411 e. The van der Waals surface area contributed by atoms with Gasteiger partial charge in [0.15, 0.2) is 0 Å². The van der Waals surface area contributed by atoms with Crippen LogP contribution in [-0.4, -0.2) is 24.7 Å². The van der Waals surface area contributed by atoms with Crippen LogP contribution in [-0.2, 0) is 0 Å². The topological polar surface area (TPSA) is 66.5 Å². The zero-order chi connectivity index (χ0) is 10.2. The normalized spacial score (nSPS) is 12.0. The Bertz CT molecular complexity index is 115. The Hall–Kier alpha value is 0.0969. The first-order valence-corrected chi connectivity index (χ1v) is 7.81. The van der Waals surface area contributed by atoms with Gasteiger partial charge in [0.05, 0.1) is 0 Å². The number of hydrogen-bond donors (Lipinski definition) is 3. The van der Waals surface area contributed by atoms with Crippen LogP contribution in [0.1, 0.15) is 38.5 Å². The van der Waals surface area contributed by atoms with Crippen molar-refractivity contribution in [2.24, 2.45) is 5.73 Å². The Morgan fingerprint density at radius 1 is 0.923 bits per heavy atom. The van der Waals surface area contributed by atoms with Crippen molar-refractivity contribution in [2.75, 3.05) is 6.54 Å². The van der Waals surface area contributed by atoms with Crippen molar-refractivity contribution in [2.45, 2.75) is 51.1 Å². The smallest absolute Gasteiger partial charge is 0.329 e. The summed E-state index contributed by atoms with van der Waals surface area (Å²) in [6.45, 7) is 2.36. The molecule has 80 valence electrons. The van der Waals surface area contributed by atoms with Gasteiger partial charge < -0.3 is 15.3 Å². The maximum atomic E-state index is 9.14. The fourth-order valence-electron chi connectivity index (χ4n) is 1.31. The molecule has 0 unspecified atom stereocenters. The standard InChI is InChI=1S/C9H23NO2Si/c1-13(11,12)9-7-5-3-2-4-6-8-10/h11-12H,2-10H2,1H3. The van der Waals surface area contributed by atoms with Crippen molar-refractivity contribution >= 4 is 8.56 Å². The molecule has 0 atom stereocenters. The Balaban J connectivity index is 3.00. The fraction of sp³-hybridized carbons (Fsp3) is 1.00. The van der Waals surface area contributed by atoms with E-state index >= 15 is 0 Å². The molecule has 3 nitrogen and oxygen atoms in total. The fourth-order valence-corrected chi connectivity index (χ4v) is 2.23. The lowest BCUT2D eigenvalue weighted by molar-refractivity contribution is 0.366. The van der Waals surface area contributed by atoms with Crippen LogP contribution >= 0.6 is 0 Å². The van der Waals surface area contributed by atoms with Gasteiger partial charge in [-0.25, -0.2) is 0 Å². The molecule has 0 saturated carbocycles. The molecule has 0 aliphatic carbocycles. The molecule has 0 fully saturated rings. The van der Waals surface area contributed by atoms with E-state index in [0.29, 0.717) is 6.04 Å². The van der Waals surface area contributed by atoms with Crippen LogP contribution in [0.15, 0.2) is 0 Å². The predicted octanol–water partition coefficient (Wildman–Crippen LogP) is 1.34. The Morgan fingerprint density at radius 3 is 1.85 bits per heavy atom. The molecule has 0 spiro atoms. The predicted molar refractivity (Wildman–Crippen MR) is 57.6 cm³/mol. The van der Waals surface area contributed by atoms with Gasteiger partial charge in [0.25, 0.3) is 0 Å². The number of nitrogens with two attached hydrogens (primary N) is 1. The average molecular weight is 205 g/mol. The van der Waals surface area contributed by atoms with E-state index in [1.807, 2.05) is 0 Å². The minimum atomic E-state index is -2.75. The average Bonchev–Trinajstić information content (AvgIpc) is 2.01. The number of unbranched alkanes of at least 4 members (excludes halogenated alkanes) is 5. The third-order valence-electron chi connectivity index (χ3n) is 2.10. The maximum absolute atomic E-state index is 9.14. The molecule has 0 saturated heterocycles. The van der Waals surface area contributed by atoms with Crippen molar-refractivity contribution in [1.82, 2.24) is 0 Å². The first-order valence-electron chi connectivity index (χ1n) is 5.21. The van der Waals surface area contributed by atoms with Crippen LogP contribution in [0.5, 0.6) is 0 Å². The quantitative estimate of drug-likeness (QED) is 0.414. The second-order valence-electron chi connectivity index (χ2n) is 3.88. The van der Waals surface area contributed by atoms with E-state index < -0.39 is 8.56 Å². The van der Waals surface area contributed by atoms with E-state index in [1.54, 1.807) is 6.55 Å². The van der Waals surface area contributed by atoms with Crippen LogP contribution in [0.4, 0.5) is 0 Å². The summed E-state index contributed by atoms with van der Waals surface area (Å²) in [4.78, 5) is 18.3. The molecular formula is C9H23NO2Si. The lowest BCUT2D eigenvalue weighted by Crippen LogP contribution is -2.29. The molecule has 0 rings (SSSR count). The van der Waals surface area contributed by atoms with Gasteiger partial charge in [0.2, 0.25) is 0 Å². The van der Waals surface area contributed by atoms with Crippen molar-refractivity contribution in [1.29, 1.82) is 0 Å². The molecule has 0 radical (unpaired) electrons.